The maximum absolute atomic E-state index is 10.8. The van der Waals surface area contributed by atoms with Crippen molar-refractivity contribution < 1.29 is 19.4 Å². The van der Waals surface area contributed by atoms with E-state index in [4.69, 9.17) is 5.11 Å². The molecule has 1 saturated heterocycles. The number of rotatable bonds is 5. The average molecular weight is 363 g/mol. The molecule has 0 spiro atoms. The fourth-order valence-electron chi connectivity index (χ4n) is 2.88. The first kappa shape index (κ1) is 21.6. The van der Waals surface area contributed by atoms with Crippen LogP contribution in [0.5, 0.6) is 0 Å². The zero-order valence-electron chi connectivity index (χ0n) is 15.5. The van der Waals surface area contributed by atoms with Crippen molar-refractivity contribution in [2.24, 2.45) is 0 Å². The first-order valence-electron chi connectivity index (χ1n) is 8.27. The number of thioether (sulfide) groups is 1. The molecule has 1 aliphatic heterocycles. The molecule has 0 aliphatic carbocycles. The number of nitrogens with zero attached hydrogens (tertiary/aromatic N) is 1. The van der Waals surface area contributed by atoms with Gasteiger partial charge >= 0.3 is 81.3 Å². The summed E-state index contributed by atoms with van der Waals surface area (Å²) in [5, 5.41) is 8.87. The normalized spacial score (nSPS) is 19.0. The fraction of sp³-hybridized carbons (Fsp3) is 0.556. The molecule has 25 heavy (non-hydrogen) atoms. The molecule has 1 aliphatic rings. The van der Waals surface area contributed by atoms with E-state index in [9.17, 15) is 14.3 Å². The van der Waals surface area contributed by atoms with E-state index in [1.807, 2.05) is 39.0 Å². The number of benzene rings is 1. The Morgan fingerprint density at radius 3 is 2.56 bits per heavy atom. The minimum Gasteiger partial charge on any atom is -0.298 e. The molecular weight excluding hydrogens is 337 g/mol. The fourth-order valence-corrected chi connectivity index (χ4v) is 4.14. The predicted octanol–water partition coefficient (Wildman–Crippen LogP) is 3.16. The standard InChI is InChI=1S/C11H14O.C7H12BNO3S/c1-8(2)11-5-4-10(7-12)6-9(11)3;1-7(2)9(4-8-12)5(3-13-7)6(10)11/h4-8H,1-3H3;5H,3-4H2,1-2H3,(H,10,11). The van der Waals surface area contributed by atoms with Gasteiger partial charge in [0.25, 0.3) is 0 Å². The summed E-state index contributed by atoms with van der Waals surface area (Å²) in [6, 6.07) is 5.31. The van der Waals surface area contributed by atoms with Crippen LogP contribution >= 0.6 is 11.8 Å². The SMILES string of the molecule is CC1(C)SCC(C(=O)O)N1CB=O.Cc1cc(C=O)ccc1C(C)C. The third-order valence-corrected chi connectivity index (χ3v) is 5.69. The van der Waals surface area contributed by atoms with E-state index in [0.29, 0.717) is 11.7 Å². The van der Waals surface area contributed by atoms with Crippen molar-refractivity contribution >= 4 is 31.2 Å². The van der Waals surface area contributed by atoms with E-state index >= 15 is 0 Å². The maximum Gasteiger partial charge on any atom is 0.150 e. The number of carboxylic acid groups (broad SMARTS) is 1. The van der Waals surface area contributed by atoms with Gasteiger partial charge in [-0.05, 0) is 30.0 Å². The Morgan fingerprint density at radius 1 is 1.48 bits per heavy atom. The van der Waals surface area contributed by atoms with E-state index in [-0.39, 0.29) is 11.3 Å². The Kier molecular flexibility index (Phi) is 8.02. The minimum absolute atomic E-state index is 0.191. The van der Waals surface area contributed by atoms with Crippen molar-refractivity contribution in [3.63, 3.8) is 0 Å². The van der Waals surface area contributed by atoms with Crippen LogP contribution in [-0.2, 0) is 9.50 Å². The van der Waals surface area contributed by atoms with Crippen LogP contribution in [0, 0.1) is 6.92 Å². The second-order valence-corrected chi connectivity index (χ2v) is 8.44. The molecule has 0 bridgehead atoms. The van der Waals surface area contributed by atoms with Crippen molar-refractivity contribution in [1.82, 2.24) is 4.90 Å². The molecule has 1 heterocycles. The Labute approximate surface area is 154 Å². The Hall–Kier alpha value is -1.47. The number of aliphatic carboxylic acids is 1. The van der Waals surface area contributed by atoms with Gasteiger partial charge in [0.15, 0.2) is 0 Å². The van der Waals surface area contributed by atoms with Gasteiger partial charge in [0.2, 0.25) is 0 Å². The van der Waals surface area contributed by atoms with Gasteiger partial charge in [0, 0.05) is 5.56 Å². The zero-order valence-corrected chi connectivity index (χ0v) is 16.3. The van der Waals surface area contributed by atoms with Crippen LogP contribution in [0.15, 0.2) is 18.2 Å². The number of hydrogen-bond donors (Lipinski definition) is 1. The number of hydrogen-bond acceptors (Lipinski definition) is 5. The predicted molar refractivity (Wildman–Crippen MR) is 102 cm³/mol. The van der Waals surface area contributed by atoms with Gasteiger partial charge < -0.3 is 0 Å². The number of aldehydes is 1. The van der Waals surface area contributed by atoms with E-state index in [0.717, 1.165) is 19.0 Å². The van der Waals surface area contributed by atoms with E-state index in [1.54, 1.807) is 16.7 Å². The number of carboxylic acids is 1. The molecule has 1 unspecified atom stereocenters. The largest absolute Gasteiger partial charge is 0.298 e. The topological polar surface area (TPSA) is 74.7 Å². The van der Waals surface area contributed by atoms with E-state index < -0.39 is 12.0 Å². The molecule has 1 atom stereocenters. The molecule has 0 aromatic heterocycles. The maximum atomic E-state index is 10.8. The minimum atomic E-state index is -0.847. The molecule has 0 radical (unpaired) electrons. The van der Waals surface area contributed by atoms with Gasteiger partial charge in [0.05, 0.1) is 0 Å². The Morgan fingerprint density at radius 2 is 2.12 bits per heavy atom. The van der Waals surface area contributed by atoms with Crippen LogP contribution in [0.3, 0.4) is 0 Å². The Balaban J connectivity index is 0.000000251. The summed E-state index contributed by atoms with van der Waals surface area (Å²) < 4.78 is 10.4. The summed E-state index contributed by atoms with van der Waals surface area (Å²) in [6.45, 7) is 10.2. The molecular formula is C18H26BNO4S. The number of carbonyl (C=O) groups excluding carboxylic acids is 1. The quantitative estimate of drug-likeness (QED) is 0.640. The average Bonchev–Trinajstić information content (AvgIpc) is 2.83. The van der Waals surface area contributed by atoms with E-state index in [2.05, 4.69) is 13.8 Å². The van der Waals surface area contributed by atoms with Gasteiger partial charge in [-0.25, -0.2) is 0 Å². The number of aryl methyl sites for hydroxylation is 1. The summed E-state index contributed by atoms with van der Waals surface area (Å²) in [5.74, 6) is 0.238. The van der Waals surface area contributed by atoms with Crippen molar-refractivity contribution in [1.29, 1.82) is 0 Å². The molecule has 5 nitrogen and oxygen atoms in total. The number of carbonyl (C=O) groups is 2. The first-order chi connectivity index (χ1) is 11.6. The molecule has 1 fully saturated rings. The second-order valence-electron chi connectivity index (χ2n) is 6.82. The summed E-state index contributed by atoms with van der Waals surface area (Å²) in [5.41, 5.74) is 3.28. The van der Waals surface area contributed by atoms with Crippen LogP contribution in [0.25, 0.3) is 0 Å². The van der Waals surface area contributed by atoms with Crippen molar-refractivity contribution in [2.45, 2.75) is 51.4 Å². The first-order valence-corrected chi connectivity index (χ1v) is 9.25. The van der Waals surface area contributed by atoms with Crippen LogP contribution in [-0.4, -0.2) is 52.5 Å². The molecule has 0 amide bonds. The molecule has 7 heteroatoms. The summed E-state index contributed by atoms with van der Waals surface area (Å²) in [4.78, 5) is 22.7. The molecule has 2 rings (SSSR count). The van der Waals surface area contributed by atoms with E-state index in [1.165, 1.54) is 11.1 Å². The van der Waals surface area contributed by atoms with Gasteiger partial charge in [-0.1, -0.05) is 26.0 Å². The third kappa shape index (κ3) is 5.78. The summed E-state index contributed by atoms with van der Waals surface area (Å²) in [7, 11) is 0.754. The Bertz CT molecular complexity index is 634. The molecule has 1 aromatic carbocycles. The molecule has 1 N–H and O–H groups in total. The second kappa shape index (κ2) is 9.29. The van der Waals surface area contributed by atoms with Gasteiger partial charge in [-0.2, -0.15) is 0 Å². The van der Waals surface area contributed by atoms with Crippen molar-refractivity contribution in [2.75, 3.05) is 12.2 Å². The summed E-state index contributed by atoms with van der Waals surface area (Å²) >= 11 is 1.57. The third-order valence-electron chi connectivity index (χ3n) is 4.27. The monoisotopic (exact) mass is 363 g/mol. The van der Waals surface area contributed by atoms with Crippen LogP contribution < -0.4 is 0 Å². The molecule has 0 saturated carbocycles. The van der Waals surface area contributed by atoms with Crippen LogP contribution in [0.4, 0.5) is 0 Å². The van der Waals surface area contributed by atoms with Gasteiger partial charge in [-0.15, -0.1) is 0 Å². The smallest absolute Gasteiger partial charge is 0.150 e. The van der Waals surface area contributed by atoms with Crippen molar-refractivity contribution in [3.8, 4) is 0 Å². The van der Waals surface area contributed by atoms with Crippen LogP contribution in [0.1, 0.15) is 55.1 Å². The molecule has 136 valence electrons. The summed E-state index contributed by atoms with van der Waals surface area (Å²) in [6.07, 6.45) is 1.08. The van der Waals surface area contributed by atoms with Crippen LogP contribution in [0.2, 0.25) is 0 Å². The van der Waals surface area contributed by atoms with Crippen molar-refractivity contribution in [3.05, 3.63) is 34.9 Å². The van der Waals surface area contributed by atoms with Gasteiger partial charge in [-0.3, -0.25) is 4.79 Å². The zero-order chi connectivity index (χ0) is 19.2. The molecule has 1 aromatic rings. The van der Waals surface area contributed by atoms with Gasteiger partial charge in [0.1, 0.15) is 6.29 Å².